The number of hydrogen-bond acceptors (Lipinski definition) is 4. The van der Waals surface area contributed by atoms with Gasteiger partial charge in [-0.15, -0.1) is 0 Å². The van der Waals surface area contributed by atoms with Gasteiger partial charge in [0.05, 0.1) is 0 Å². The highest BCUT2D eigenvalue weighted by Crippen LogP contribution is 2.22. The third-order valence-corrected chi connectivity index (χ3v) is 4.00. The molecule has 1 aromatic carbocycles. The summed E-state index contributed by atoms with van der Waals surface area (Å²) in [6, 6.07) is 7.80. The van der Waals surface area contributed by atoms with E-state index in [9.17, 15) is 4.79 Å². The van der Waals surface area contributed by atoms with E-state index in [0.717, 1.165) is 34.4 Å². The highest BCUT2D eigenvalue weighted by Gasteiger charge is 2.06. The summed E-state index contributed by atoms with van der Waals surface area (Å²) in [6.45, 7) is 4.00. The molecule has 0 aliphatic heterocycles. The molecule has 2 aromatic rings. The van der Waals surface area contributed by atoms with Gasteiger partial charge >= 0.3 is 5.63 Å². The molecule has 2 rings (SSSR count). The number of aryl methyl sites for hydroxylation is 1. The zero-order chi connectivity index (χ0) is 13.8. The molecule has 3 nitrogen and oxygen atoms in total. The fourth-order valence-electron chi connectivity index (χ4n) is 1.91. The Kier molecular flexibility index (Phi) is 4.66. The lowest BCUT2D eigenvalue weighted by atomic mass is 10.1. The first-order valence-electron chi connectivity index (χ1n) is 6.43. The standard InChI is InChI=1S/C15H19NO2S/c1-10-3-4-13-12(9-19-6-5-11(2)16)8-15(17)18-14(13)7-10/h3-4,7-8,11H,5-6,9,16H2,1-2H3. The number of thioether (sulfide) groups is 1. The molecule has 1 atom stereocenters. The molecule has 0 saturated carbocycles. The smallest absolute Gasteiger partial charge is 0.336 e. The minimum absolute atomic E-state index is 0.229. The molecule has 0 saturated heterocycles. The van der Waals surface area contributed by atoms with Gasteiger partial charge in [0.2, 0.25) is 0 Å². The van der Waals surface area contributed by atoms with Crippen LogP contribution < -0.4 is 11.4 Å². The van der Waals surface area contributed by atoms with E-state index in [1.807, 2.05) is 32.0 Å². The average Bonchev–Trinajstić information content (AvgIpc) is 2.33. The molecule has 19 heavy (non-hydrogen) atoms. The lowest BCUT2D eigenvalue weighted by Crippen LogP contribution is -2.15. The molecule has 1 aromatic heterocycles. The quantitative estimate of drug-likeness (QED) is 0.674. The molecule has 1 unspecified atom stereocenters. The molecule has 0 radical (unpaired) electrons. The third kappa shape index (κ3) is 3.85. The van der Waals surface area contributed by atoms with Gasteiger partial charge in [-0.3, -0.25) is 0 Å². The van der Waals surface area contributed by atoms with Crippen molar-refractivity contribution in [2.45, 2.75) is 32.1 Å². The summed E-state index contributed by atoms with van der Waals surface area (Å²) in [5, 5.41) is 1.03. The van der Waals surface area contributed by atoms with Crippen molar-refractivity contribution >= 4 is 22.7 Å². The maximum absolute atomic E-state index is 11.6. The molecule has 0 fully saturated rings. The Morgan fingerprint density at radius 3 is 2.89 bits per heavy atom. The van der Waals surface area contributed by atoms with E-state index in [1.165, 1.54) is 0 Å². The van der Waals surface area contributed by atoms with Crippen LogP contribution in [-0.2, 0) is 5.75 Å². The van der Waals surface area contributed by atoms with Crippen molar-refractivity contribution in [1.29, 1.82) is 0 Å². The van der Waals surface area contributed by atoms with E-state index in [4.69, 9.17) is 10.2 Å². The van der Waals surface area contributed by atoms with E-state index in [-0.39, 0.29) is 11.7 Å². The second-order valence-electron chi connectivity index (χ2n) is 4.91. The van der Waals surface area contributed by atoms with Crippen LogP contribution in [0.1, 0.15) is 24.5 Å². The van der Waals surface area contributed by atoms with Gasteiger partial charge in [-0.05, 0) is 43.2 Å². The Balaban J connectivity index is 2.20. The average molecular weight is 277 g/mol. The Bertz CT molecular complexity index is 619. The van der Waals surface area contributed by atoms with Gasteiger partial charge in [0.25, 0.3) is 0 Å². The molecule has 2 N–H and O–H groups in total. The SMILES string of the molecule is Cc1ccc2c(CSCCC(C)N)cc(=O)oc2c1. The van der Waals surface area contributed by atoms with Gasteiger partial charge < -0.3 is 10.2 Å². The number of nitrogens with two attached hydrogens (primary N) is 1. The molecule has 0 spiro atoms. The van der Waals surface area contributed by atoms with Crippen LogP contribution >= 0.6 is 11.8 Å². The number of rotatable bonds is 5. The van der Waals surface area contributed by atoms with Crippen LogP contribution in [0.15, 0.2) is 33.5 Å². The van der Waals surface area contributed by atoms with Crippen molar-refractivity contribution in [2.24, 2.45) is 5.73 Å². The van der Waals surface area contributed by atoms with Gasteiger partial charge in [-0.2, -0.15) is 11.8 Å². The third-order valence-electron chi connectivity index (χ3n) is 2.96. The highest BCUT2D eigenvalue weighted by molar-refractivity contribution is 7.98. The van der Waals surface area contributed by atoms with Crippen molar-refractivity contribution in [3.63, 3.8) is 0 Å². The molecule has 0 aliphatic carbocycles. The zero-order valence-electron chi connectivity index (χ0n) is 11.3. The predicted octanol–water partition coefficient (Wildman–Crippen LogP) is 3.07. The van der Waals surface area contributed by atoms with Crippen molar-refractivity contribution in [3.05, 3.63) is 45.8 Å². The lowest BCUT2D eigenvalue weighted by molar-refractivity contribution is 0.559. The molecular formula is C15H19NO2S. The van der Waals surface area contributed by atoms with Crippen LogP contribution in [0.3, 0.4) is 0 Å². The molecule has 4 heteroatoms. The van der Waals surface area contributed by atoms with Crippen molar-refractivity contribution in [3.8, 4) is 0 Å². The Morgan fingerprint density at radius 1 is 1.37 bits per heavy atom. The maximum Gasteiger partial charge on any atom is 0.336 e. The monoisotopic (exact) mass is 277 g/mol. The number of hydrogen-bond donors (Lipinski definition) is 1. The molecular weight excluding hydrogens is 258 g/mol. The summed E-state index contributed by atoms with van der Waals surface area (Å²) in [4.78, 5) is 11.6. The molecule has 1 heterocycles. The predicted molar refractivity (Wildman–Crippen MR) is 81.6 cm³/mol. The molecule has 102 valence electrons. The Labute approximate surface area is 117 Å². The van der Waals surface area contributed by atoms with Gasteiger partial charge in [0.15, 0.2) is 0 Å². The van der Waals surface area contributed by atoms with E-state index < -0.39 is 0 Å². The first kappa shape index (κ1) is 14.2. The summed E-state index contributed by atoms with van der Waals surface area (Å²) in [5.74, 6) is 1.82. The first-order chi connectivity index (χ1) is 9.06. The van der Waals surface area contributed by atoms with Crippen LogP contribution in [0.2, 0.25) is 0 Å². The maximum atomic E-state index is 11.6. The van der Waals surface area contributed by atoms with E-state index in [2.05, 4.69) is 0 Å². The Morgan fingerprint density at radius 2 is 2.16 bits per heavy atom. The van der Waals surface area contributed by atoms with Crippen LogP contribution in [0, 0.1) is 6.92 Å². The summed E-state index contributed by atoms with van der Waals surface area (Å²) in [5.41, 5.74) is 8.26. The van der Waals surface area contributed by atoms with Gasteiger partial charge in [0.1, 0.15) is 5.58 Å². The first-order valence-corrected chi connectivity index (χ1v) is 7.58. The van der Waals surface area contributed by atoms with E-state index >= 15 is 0 Å². The van der Waals surface area contributed by atoms with E-state index in [0.29, 0.717) is 5.58 Å². The van der Waals surface area contributed by atoms with Gasteiger partial charge in [0, 0.05) is 23.2 Å². The largest absolute Gasteiger partial charge is 0.423 e. The minimum Gasteiger partial charge on any atom is -0.423 e. The summed E-state index contributed by atoms with van der Waals surface area (Å²) in [7, 11) is 0. The van der Waals surface area contributed by atoms with Crippen LogP contribution in [0.25, 0.3) is 11.0 Å². The normalized spacial score (nSPS) is 12.8. The van der Waals surface area contributed by atoms with Gasteiger partial charge in [-0.25, -0.2) is 4.79 Å². The molecule has 0 bridgehead atoms. The second kappa shape index (κ2) is 6.26. The second-order valence-corrected chi connectivity index (χ2v) is 6.01. The lowest BCUT2D eigenvalue weighted by Gasteiger charge is -2.07. The summed E-state index contributed by atoms with van der Waals surface area (Å²) < 4.78 is 5.24. The summed E-state index contributed by atoms with van der Waals surface area (Å²) in [6.07, 6.45) is 0.989. The molecule has 0 aliphatic rings. The van der Waals surface area contributed by atoms with Crippen LogP contribution in [-0.4, -0.2) is 11.8 Å². The summed E-state index contributed by atoms with van der Waals surface area (Å²) >= 11 is 1.80. The van der Waals surface area contributed by atoms with Crippen molar-refractivity contribution < 1.29 is 4.42 Å². The fourth-order valence-corrected chi connectivity index (χ4v) is 3.05. The van der Waals surface area contributed by atoms with Crippen LogP contribution in [0.5, 0.6) is 0 Å². The number of benzene rings is 1. The van der Waals surface area contributed by atoms with Gasteiger partial charge in [-0.1, -0.05) is 12.1 Å². The zero-order valence-corrected chi connectivity index (χ0v) is 12.1. The van der Waals surface area contributed by atoms with Crippen molar-refractivity contribution in [2.75, 3.05) is 5.75 Å². The van der Waals surface area contributed by atoms with Crippen molar-refractivity contribution in [1.82, 2.24) is 0 Å². The molecule has 0 amide bonds. The highest BCUT2D eigenvalue weighted by atomic mass is 32.2. The van der Waals surface area contributed by atoms with Crippen LogP contribution in [0.4, 0.5) is 0 Å². The fraction of sp³-hybridized carbons (Fsp3) is 0.400. The topological polar surface area (TPSA) is 56.2 Å². The Hall–Kier alpha value is -1.26. The minimum atomic E-state index is -0.277. The number of fused-ring (bicyclic) bond motifs is 1. The van der Waals surface area contributed by atoms with E-state index in [1.54, 1.807) is 17.8 Å².